The Kier molecular flexibility index (Phi) is 4.55. The molecular formula is C14H19N3O3. The van der Waals surface area contributed by atoms with E-state index in [-0.39, 0.29) is 11.8 Å². The molecule has 108 valence electrons. The lowest BCUT2D eigenvalue weighted by Crippen LogP contribution is -2.45. The Morgan fingerprint density at radius 1 is 1.35 bits per heavy atom. The minimum Gasteiger partial charge on any atom is -0.480 e. The average molecular weight is 277 g/mol. The van der Waals surface area contributed by atoms with E-state index in [0.717, 1.165) is 31.6 Å². The number of rotatable bonds is 4. The quantitative estimate of drug-likeness (QED) is 0.854. The van der Waals surface area contributed by atoms with Gasteiger partial charge in [-0.1, -0.05) is 0 Å². The molecule has 2 N–H and O–H groups in total. The molecule has 6 heteroatoms. The van der Waals surface area contributed by atoms with Crippen molar-refractivity contribution >= 4 is 17.6 Å². The molecule has 0 bridgehead atoms. The Morgan fingerprint density at radius 2 is 1.95 bits per heavy atom. The zero-order valence-electron chi connectivity index (χ0n) is 11.5. The molecule has 1 saturated heterocycles. The molecule has 1 aliphatic rings. The van der Waals surface area contributed by atoms with Gasteiger partial charge in [-0.05, 0) is 31.9 Å². The highest BCUT2D eigenvalue weighted by molar-refractivity contribution is 5.84. The first kappa shape index (κ1) is 14.3. The topological polar surface area (TPSA) is 82.5 Å². The fraction of sp³-hybridized carbons (Fsp3) is 0.500. The highest BCUT2D eigenvalue weighted by Gasteiger charge is 2.27. The van der Waals surface area contributed by atoms with Gasteiger partial charge in [-0.3, -0.25) is 14.6 Å². The second-order valence-electron chi connectivity index (χ2n) is 5.04. The first-order valence-electron chi connectivity index (χ1n) is 6.76. The third-order valence-corrected chi connectivity index (χ3v) is 3.62. The molecule has 0 aromatic carbocycles. The number of carboxylic acid groups (broad SMARTS) is 1. The van der Waals surface area contributed by atoms with E-state index in [9.17, 15) is 9.59 Å². The van der Waals surface area contributed by atoms with Crippen molar-refractivity contribution in [2.75, 3.05) is 18.0 Å². The maximum Gasteiger partial charge on any atom is 0.325 e. The largest absolute Gasteiger partial charge is 0.480 e. The molecule has 0 saturated carbocycles. The monoisotopic (exact) mass is 277 g/mol. The first-order valence-corrected chi connectivity index (χ1v) is 6.76. The van der Waals surface area contributed by atoms with Gasteiger partial charge in [0.25, 0.3) is 0 Å². The summed E-state index contributed by atoms with van der Waals surface area (Å²) in [5, 5.41) is 11.3. The van der Waals surface area contributed by atoms with Gasteiger partial charge in [-0.2, -0.15) is 0 Å². The molecule has 0 aliphatic carbocycles. The second kappa shape index (κ2) is 6.36. The Labute approximate surface area is 117 Å². The molecule has 2 rings (SSSR count). The molecule has 0 spiro atoms. The van der Waals surface area contributed by atoms with Gasteiger partial charge in [0, 0.05) is 37.1 Å². The van der Waals surface area contributed by atoms with E-state index >= 15 is 0 Å². The van der Waals surface area contributed by atoms with Gasteiger partial charge >= 0.3 is 5.97 Å². The summed E-state index contributed by atoms with van der Waals surface area (Å²) in [6.45, 7) is 3.07. The second-order valence-corrected chi connectivity index (χ2v) is 5.04. The van der Waals surface area contributed by atoms with Gasteiger partial charge in [0.1, 0.15) is 6.04 Å². The third-order valence-electron chi connectivity index (χ3n) is 3.62. The molecule has 1 fully saturated rings. The molecule has 1 aromatic heterocycles. The predicted molar refractivity (Wildman–Crippen MR) is 74.4 cm³/mol. The predicted octanol–water partition coefficient (Wildman–Crippen LogP) is 0.887. The fourth-order valence-corrected chi connectivity index (χ4v) is 2.35. The lowest BCUT2D eigenvalue weighted by molar-refractivity contribution is -0.142. The summed E-state index contributed by atoms with van der Waals surface area (Å²) in [7, 11) is 0. The number of carboxylic acids is 1. The molecule has 20 heavy (non-hydrogen) atoms. The number of aromatic nitrogens is 1. The van der Waals surface area contributed by atoms with Crippen LogP contribution < -0.4 is 10.2 Å². The van der Waals surface area contributed by atoms with E-state index in [1.165, 1.54) is 6.92 Å². The minimum absolute atomic E-state index is 0.102. The van der Waals surface area contributed by atoms with Crippen molar-refractivity contribution < 1.29 is 14.7 Å². The van der Waals surface area contributed by atoms with E-state index in [2.05, 4.69) is 15.2 Å². The number of carbonyl (C=O) groups excluding carboxylic acids is 1. The number of pyridine rings is 1. The summed E-state index contributed by atoms with van der Waals surface area (Å²) in [6.07, 6.45) is 4.98. The molecule has 1 unspecified atom stereocenters. The lowest BCUT2D eigenvalue weighted by Gasteiger charge is -2.33. The summed E-state index contributed by atoms with van der Waals surface area (Å²) >= 11 is 0. The number of hydrogen-bond acceptors (Lipinski definition) is 4. The number of nitrogens with zero attached hydrogens (tertiary/aromatic N) is 2. The van der Waals surface area contributed by atoms with E-state index in [4.69, 9.17) is 5.11 Å². The van der Waals surface area contributed by atoms with Crippen molar-refractivity contribution in [2.24, 2.45) is 5.92 Å². The van der Waals surface area contributed by atoms with Crippen LogP contribution in [0.2, 0.25) is 0 Å². The molecular weight excluding hydrogens is 258 g/mol. The zero-order chi connectivity index (χ0) is 14.5. The van der Waals surface area contributed by atoms with Crippen molar-refractivity contribution in [1.29, 1.82) is 0 Å². The van der Waals surface area contributed by atoms with Crippen LogP contribution in [0.5, 0.6) is 0 Å². The molecule has 1 atom stereocenters. The molecule has 1 amide bonds. The van der Waals surface area contributed by atoms with Crippen LogP contribution in [0, 0.1) is 5.92 Å². The number of hydrogen-bond donors (Lipinski definition) is 2. The van der Waals surface area contributed by atoms with Gasteiger partial charge in [0.05, 0.1) is 0 Å². The molecule has 6 nitrogen and oxygen atoms in total. The van der Waals surface area contributed by atoms with Gasteiger partial charge in [-0.25, -0.2) is 0 Å². The maximum absolute atomic E-state index is 12.0. The van der Waals surface area contributed by atoms with Gasteiger partial charge in [0.15, 0.2) is 0 Å². The van der Waals surface area contributed by atoms with Crippen LogP contribution in [0.15, 0.2) is 24.5 Å². The standard InChI is InChI=1S/C14H19N3O3/c1-10(14(19)20)16-13(18)11-4-8-17(9-5-11)12-2-6-15-7-3-12/h2-3,6-7,10-11H,4-5,8-9H2,1H3,(H,16,18)(H,19,20). The van der Waals surface area contributed by atoms with Crippen molar-refractivity contribution in [2.45, 2.75) is 25.8 Å². The molecule has 1 aliphatic heterocycles. The number of nitrogens with one attached hydrogen (secondary N) is 1. The average Bonchev–Trinajstić information content (AvgIpc) is 2.48. The summed E-state index contributed by atoms with van der Waals surface area (Å²) < 4.78 is 0. The summed E-state index contributed by atoms with van der Waals surface area (Å²) in [5.41, 5.74) is 1.11. The van der Waals surface area contributed by atoms with Gasteiger partial charge in [0.2, 0.25) is 5.91 Å². The fourth-order valence-electron chi connectivity index (χ4n) is 2.35. The zero-order valence-corrected chi connectivity index (χ0v) is 11.5. The maximum atomic E-state index is 12.0. The summed E-state index contributed by atoms with van der Waals surface area (Å²) in [4.78, 5) is 28.9. The van der Waals surface area contributed by atoms with Crippen LogP contribution in [0.1, 0.15) is 19.8 Å². The van der Waals surface area contributed by atoms with Crippen LogP contribution >= 0.6 is 0 Å². The van der Waals surface area contributed by atoms with Crippen LogP contribution in [-0.4, -0.2) is 41.1 Å². The normalized spacial score (nSPS) is 17.6. The van der Waals surface area contributed by atoms with Crippen molar-refractivity contribution in [3.8, 4) is 0 Å². The summed E-state index contributed by atoms with van der Waals surface area (Å²) in [6, 6.07) is 3.07. The highest BCUT2D eigenvalue weighted by atomic mass is 16.4. The number of carbonyl (C=O) groups is 2. The van der Waals surface area contributed by atoms with Crippen molar-refractivity contribution in [3.63, 3.8) is 0 Å². The van der Waals surface area contributed by atoms with Gasteiger partial charge in [-0.15, -0.1) is 0 Å². The van der Waals surface area contributed by atoms with Crippen molar-refractivity contribution in [3.05, 3.63) is 24.5 Å². The Balaban J connectivity index is 1.85. The van der Waals surface area contributed by atoms with Crippen LogP contribution in [-0.2, 0) is 9.59 Å². The smallest absolute Gasteiger partial charge is 0.325 e. The SMILES string of the molecule is CC(NC(=O)C1CCN(c2ccncc2)CC1)C(=O)O. The summed E-state index contributed by atoms with van der Waals surface area (Å²) in [5.74, 6) is -1.27. The van der Waals surface area contributed by atoms with E-state index < -0.39 is 12.0 Å². The van der Waals surface area contributed by atoms with Crippen molar-refractivity contribution in [1.82, 2.24) is 10.3 Å². The Morgan fingerprint density at radius 3 is 2.50 bits per heavy atom. The van der Waals surface area contributed by atoms with E-state index in [0.29, 0.717) is 0 Å². The number of piperidine rings is 1. The lowest BCUT2D eigenvalue weighted by atomic mass is 9.95. The number of amides is 1. The number of anilines is 1. The minimum atomic E-state index is -1.01. The van der Waals surface area contributed by atoms with Gasteiger partial charge < -0.3 is 15.3 Å². The Bertz CT molecular complexity index is 470. The van der Waals surface area contributed by atoms with E-state index in [1.807, 2.05) is 12.1 Å². The molecule has 0 radical (unpaired) electrons. The third kappa shape index (κ3) is 3.46. The molecule has 1 aromatic rings. The van der Waals surface area contributed by atoms with Crippen LogP contribution in [0.3, 0.4) is 0 Å². The first-order chi connectivity index (χ1) is 9.58. The van der Waals surface area contributed by atoms with E-state index in [1.54, 1.807) is 12.4 Å². The Hall–Kier alpha value is -2.11. The molecule has 2 heterocycles. The number of aliphatic carboxylic acids is 1. The van der Waals surface area contributed by atoms with Crippen LogP contribution in [0.4, 0.5) is 5.69 Å². The highest BCUT2D eigenvalue weighted by Crippen LogP contribution is 2.22. The van der Waals surface area contributed by atoms with Crippen LogP contribution in [0.25, 0.3) is 0 Å².